The summed E-state index contributed by atoms with van der Waals surface area (Å²) in [6, 6.07) is 3.73. The van der Waals surface area contributed by atoms with E-state index in [-0.39, 0.29) is 22.6 Å². The van der Waals surface area contributed by atoms with Crippen molar-refractivity contribution in [2.45, 2.75) is 71.1 Å². The van der Waals surface area contributed by atoms with Crippen LogP contribution >= 0.6 is 0 Å². The van der Waals surface area contributed by atoms with Crippen molar-refractivity contribution >= 4 is 15.9 Å². The summed E-state index contributed by atoms with van der Waals surface area (Å²) in [5.41, 5.74) is 0.636. The van der Waals surface area contributed by atoms with Gasteiger partial charge in [0.1, 0.15) is 0 Å². The van der Waals surface area contributed by atoms with E-state index >= 15 is 0 Å². The van der Waals surface area contributed by atoms with Crippen LogP contribution in [0.1, 0.15) is 82.9 Å². The zero-order valence-corrected chi connectivity index (χ0v) is 18.1. The molecule has 154 valence electrons. The lowest BCUT2D eigenvalue weighted by molar-refractivity contribution is -0.233. The number of hydrogen-bond acceptors (Lipinski definition) is 5. The second kappa shape index (κ2) is 8.71. The molecule has 0 amide bonds. The molecular weight excluding hydrogens is 366 g/mol. The number of rotatable bonds is 8. The smallest absolute Gasteiger partial charge is 0.281 e. The Kier molecular flexibility index (Phi) is 7.61. The lowest BCUT2D eigenvalue weighted by Crippen LogP contribution is -2.43. The zero-order valence-electron chi connectivity index (χ0n) is 17.3. The first-order chi connectivity index (χ1) is 12.3. The first-order valence-corrected chi connectivity index (χ1v) is 10.7. The number of aliphatic hydroxyl groups excluding tert-OH is 2. The number of nitrogens with zero attached hydrogens (tertiary/aromatic N) is 1. The molecule has 1 rings (SSSR count). The SMILES string of the molecule is CC(C)c1cc(C(C)C)c(S(=O)(=O)/N=C(\[O-])C(C)(CO)CO)c(C(C)C)c1. The first-order valence-electron chi connectivity index (χ1n) is 9.22. The van der Waals surface area contributed by atoms with Gasteiger partial charge in [0.25, 0.3) is 10.0 Å². The predicted octanol–water partition coefficient (Wildman–Crippen LogP) is 2.50. The van der Waals surface area contributed by atoms with E-state index in [4.69, 9.17) is 0 Å². The summed E-state index contributed by atoms with van der Waals surface area (Å²) in [6.07, 6.45) is 0. The molecule has 0 aliphatic rings. The highest BCUT2D eigenvalue weighted by Crippen LogP contribution is 2.36. The van der Waals surface area contributed by atoms with Crippen LogP contribution in [0.2, 0.25) is 0 Å². The lowest BCUT2D eigenvalue weighted by atomic mass is 9.89. The number of sulfonamides is 1. The molecule has 0 spiro atoms. The molecule has 0 aromatic heterocycles. The molecule has 0 unspecified atom stereocenters. The van der Waals surface area contributed by atoms with Crippen LogP contribution in [0.15, 0.2) is 21.4 Å². The van der Waals surface area contributed by atoms with Crippen LogP contribution in [-0.4, -0.2) is 37.7 Å². The molecular formula is C20H32NO5S-. The Morgan fingerprint density at radius 3 is 1.70 bits per heavy atom. The molecule has 0 saturated carbocycles. The van der Waals surface area contributed by atoms with Gasteiger partial charge in [-0.2, -0.15) is 12.8 Å². The van der Waals surface area contributed by atoms with Crippen molar-refractivity contribution in [3.8, 4) is 0 Å². The number of aliphatic hydroxyl groups is 2. The third-order valence-electron chi connectivity index (χ3n) is 4.75. The lowest BCUT2D eigenvalue weighted by Gasteiger charge is -2.30. The number of benzene rings is 1. The zero-order chi connectivity index (χ0) is 21.2. The Morgan fingerprint density at radius 1 is 1.00 bits per heavy atom. The van der Waals surface area contributed by atoms with Crippen molar-refractivity contribution in [3.63, 3.8) is 0 Å². The van der Waals surface area contributed by atoms with E-state index in [1.54, 1.807) is 0 Å². The molecule has 1 aromatic rings. The Labute approximate surface area is 163 Å². The fourth-order valence-electron chi connectivity index (χ4n) is 2.64. The van der Waals surface area contributed by atoms with Gasteiger partial charge < -0.3 is 15.3 Å². The van der Waals surface area contributed by atoms with E-state index in [2.05, 4.69) is 4.40 Å². The number of hydrogen-bond donors (Lipinski definition) is 2. The van der Waals surface area contributed by atoms with Crippen LogP contribution in [0.3, 0.4) is 0 Å². The fraction of sp³-hybridized carbons (Fsp3) is 0.650. The molecule has 27 heavy (non-hydrogen) atoms. The van der Waals surface area contributed by atoms with Gasteiger partial charge in [0.05, 0.1) is 18.1 Å². The average Bonchev–Trinajstić information content (AvgIpc) is 2.58. The summed E-state index contributed by atoms with van der Waals surface area (Å²) < 4.78 is 29.7. The molecule has 7 heteroatoms. The maximum absolute atomic E-state index is 13.1. The van der Waals surface area contributed by atoms with E-state index in [0.717, 1.165) is 5.56 Å². The van der Waals surface area contributed by atoms with E-state index < -0.39 is 34.5 Å². The van der Waals surface area contributed by atoms with Crippen molar-refractivity contribution in [1.29, 1.82) is 0 Å². The molecule has 0 radical (unpaired) electrons. The second-order valence-corrected chi connectivity index (χ2v) is 9.78. The van der Waals surface area contributed by atoms with Gasteiger partial charge >= 0.3 is 0 Å². The Bertz CT molecular complexity index is 762. The van der Waals surface area contributed by atoms with Crippen molar-refractivity contribution < 1.29 is 23.7 Å². The minimum absolute atomic E-state index is 0.0588. The molecule has 1 aromatic carbocycles. The van der Waals surface area contributed by atoms with E-state index in [1.165, 1.54) is 6.92 Å². The molecule has 0 atom stereocenters. The summed E-state index contributed by atoms with van der Waals surface area (Å²) in [7, 11) is -4.30. The van der Waals surface area contributed by atoms with Gasteiger partial charge in [0.15, 0.2) is 0 Å². The Hall–Kier alpha value is -1.44. The molecule has 6 nitrogen and oxygen atoms in total. The van der Waals surface area contributed by atoms with E-state index in [0.29, 0.717) is 11.1 Å². The summed E-state index contributed by atoms with van der Waals surface area (Å²) in [6.45, 7) is 11.6. The summed E-state index contributed by atoms with van der Waals surface area (Å²) >= 11 is 0. The quantitative estimate of drug-likeness (QED) is 0.516. The molecule has 0 heterocycles. The van der Waals surface area contributed by atoms with Gasteiger partial charge in [-0.3, -0.25) is 0 Å². The van der Waals surface area contributed by atoms with Crippen LogP contribution in [0.25, 0.3) is 0 Å². The van der Waals surface area contributed by atoms with Gasteiger partial charge in [-0.05, 0) is 40.3 Å². The van der Waals surface area contributed by atoms with Gasteiger partial charge in [-0.1, -0.05) is 60.6 Å². The van der Waals surface area contributed by atoms with Crippen LogP contribution in [0.4, 0.5) is 0 Å². The summed E-state index contributed by atoms with van der Waals surface area (Å²) in [5.74, 6) is -0.996. The van der Waals surface area contributed by atoms with Gasteiger partial charge in [-0.15, -0.1) is 0 Å². The predicted molar refractivity (Wildman–Crippen MR) is 106 cm³/mol. The standard InChI is InChI=1S/C20H33NO5S/c1-12(2)15-8-16(13(3)4)18(17(9-15)14(5)6)27(25,26)21-19(24)20(7,10-22)11-23/h8-9,12-14,22-23H,10-11H2,1-7H3,(H,21,24)/p-1. The molecule has 2 N–H and O–H groups in total. The van der Waals surface area contributed by atoms with Crippen molar-refractivity contribution in [2.75, 3.05) is 13.2 Å². The molecule has 0 aliphatic heterocycles. The third-order valence-corrected chi connectivity index (χ3v) is 6.15. The topological polar surface area (TPSA) is 110 Å². The van der Waals surface area contributed by atoms with Crippen LogP contribution in [0.5, 0.6) is 0 Å². The highest BCUT2D eigenvalue weighted by molar-refractivity contribution is 7.90. The molecule has 0 bridgehead atoms. The van der Waals surface area contributed by atoms with Crippen LogP contribution < -0.4 is 5.11 Å². The minimum atomic E-state index is -4.30. The fourth-order valence-corrected chi connectivity index (χ4v) is 4.35. The molecule has 0 fully saturated rings. The van der Waals surface area contributed by atoms with Gasteiger partial charge in [0.2, 0.25) is 0 Å². The normalized spacial score (nSPS) is 13.9. The maximum Gasteiger partial charge on any atom is 0.281 e. The monoisotopic (exact) mass is 398 g/mol. The second-order valence-electron chi connectivity index (χ2n) is 8.24. The highest BCUT2D eigenvalue weighted by Gasteiger charge is 2.29. The third kappa shape index (κ3) is 5.09. The van der Waals surface area contributed by atoms with E-state index in [1.807, 2.05) is 53.7 Å². The van der Waals surface area contributed by atoms with E-state index in [9.17, 15) is 23.7 Å². The van der Waals surface area contributed by atoms with Crippen molar-refractivity contribution in [3.05, 3.63) is 28.8 Å². The van der Waals surface area contributed by atoms with Crippen molar-refractivity contribution in [1.82, 2.24) is 0 Å². The maximum atomic E-state index is 13.1. The van der Waals surface area contributed by atoms with Gasteiger partial charge in [0, 0.05) is 5.41 Å². The van der Waals surface area contributed by atoms with Gasteiger partial charge in [-0.25, -0.2) is 0 Å². The van der Waals surface area contributed by atoms with Crippen molar-refractivity contribution in [2.24, 2.45) is 9.81 Å². The Balaban J connectivity index is 3.82. The largest absolute Gasteiger partial charge is 0.861 e. The minimum Gasteiger partial charge on any atom is -0.861 e. The van der Waals surface area contributed by atoms with Crippen LogP contribution in [-0.2, 0) is 10.0 Å². The Morgan fingerprint density at radius 2 is 1.41 bits per heavy atom. The molecule has 0 saturated heterocycles. The van der Waals surface area contributed by atoms with Crippen LogP contribution in [0, 0.1) is 5.41 Å². The summed E-state index contributed by atoms with van der Waals surface area (Å²) in [5, 5.41) is 31.1. The average molecular weight is 399 g/mol. The summed E-state index contributed by atoms with van der Waals surface area (Å²) in [4.78, 5) is 0.0588. The first kappa shape index (κ1) is 23.6. The molecule has 0 aliphatic carbocycles. The highest BCUT2D eigenvalue weighted by atomic mass is 32.2.